The lowest BCUT2D eigenvalue weighted by atomic mass is 9.86. The van der Waals surface area contributed by atoms with Crippen LogP contribution >= 0.6 is 0 Å². The van der Waals surface area contributed by atoms with Gasteiger partial charge in [0.2, 0.25) is 5.71 Å². The van der Waals surface area contributed by atoms with Crippen LogP contribution in [0.1, 0.15) is 49.9 Å². The summed E-state index contributed by atoms with van der Waals surface area (Å²) in [6.07, 6.45) is -1.06. The van der Waals surface area contributed by atoms with Crippen molar-refractivity contribution in [1.82, 2.24) is 9.97 Å². The van der Waals surface area contributed by atoms with Crippen molar-refractivity contribution in [2.24, 2.45) is 5.41 Å². The van der Waals surface area contributed by atoms with Crippen molar-refractivity contribution in [1.29, 1.82) is 0 Å². The van der Waals surface area contributed by atoms with Crippen LogP contribution in [-0.4, -0.2) is 9.97 Å². The maximum Gasteiger partial charge on any atom is 0.227 e. The van der Waals surface area contributed by atoms with Crippen LogP contribution in [0, 0.1) is 19.1 Å². The van der Waals surface area contributed by atoms with Gasteiger partial charge in [0.25, 0.3) is 0 Å². The minimum Gasteiger partial charge on any atom is -0.437 e. The molecule has 0 fully saturated rings. The summed E-state index contributed by atoms with van der Waals surface area (Å²) < 4.78 is 78.9. The lowest BCUT2D eigenvalue weighted by Gasteiger charge is -2.20. The van der Waals surface area contributed by atoms with Gasteiger partial charge in [0.15, 0.2) is 0 Å². The number of rotatable bonds is 2. The number of nitrogens with zero attached hydrogens (tertiary/aromatic N) is 2. The second kappa shape index (κ2) is 5.94. The van der Waals surface area contributed by atoms with Gasteiger partial charge < -0.3 is 4.42 Å². The Bertz CT molecular complexity index is 1440. The predicted octanol–water partition coefficient (Wildman–Crippen LogP) is 6.25. The third-order valence-electron chi connectivity index (χ3n) is 3.95. The molecule has 3 heterocycles. The van der Waals surface area contributed by atoms with Crippen LogP contribution in [0.2, 0.25) is 0 Å². The largest absolute Gasteiger partial charge is 0.437 e. The monoisotopic (exact) mass is 353 g/mol. The second-order valence-corrected chi connectivity index (χ2v) is 7.23. The number of fused-ring (bicyclic) bond motifs is 3. The normalized spacial score (nSPS) is 18.8. The van der Waals surface area contributed by atoms with Gasteiger partial charge in [0.1, 0.15) is 5.58 Å². The van der Waals surface area contributed by atoms with Crippen molar-refractivity contribution in [3.8, 4) is 11.3 Å². The molecule has 3 nitrogen and oxygen atoms in total. The fourth-order valence-corrected chi connectivity index (χ4v) is 2.89. The maximum atomic E-state index is 8.88. The van der Waals surface area contributed by atoms with Crippen LogP contribution in [0.25, 0.3) is 33.3 Å². The summed E-state index contributed by atoms with van der Waals surface area (Å²) in [5, 5.41) is 1.19. The predicted molar refractivity (Wildman–Crippen MR) is 107 cm³/mol. The van der Waals surface area contributed by atoms with Crippen LogP contribution in [0.3, 0.4) is 0 Å². The first-order valence-electron chi connectivity index (χ1n) is 12.8. The van der Waals surface area contributed by atoms with Gasteiger partial charge in [0, 0.05) is 39.2 Å². The molecule has 0 aliphatic carbocycles. The lowest BCUT2D eigenvalue weighted by Crippen LogP contribution is -2.10. The van der Waals surface area contributed by atoms with Crippen molar-refractivity contribution in [2.75, 3.05) is 0 Å². The van der Waals surface area contributed by atoms with E-state index >= 15 is 0 Å². The molecular formula is C23H24N2O. The number of benzene rings is 1. The highest BCUT2D eigenvalue weighted by atomic mass is 16.3. The van der Waals surface area contributed by atoms with Gasteiger partial charge in [0.05, 0.1) is 7.06 Å². The Labute approximate surface area is 166 Å². The molecule has 0 aliphatic rings. The Morgan fingerprint density at radius 2 is 2.04 bits per heavy atom. The molecule has 0 saturated carbocycles. The van der Waals surface area contributed by atoms with Gasteiger partial charge in [-0.3, -0.25) is 4.98 Å². The number of aryl methyl sites for hydroxylation is 2. The molecular weight excluding hydrogens is 320 g/mol. The van der Waals surface area contributed by atoms with Crippen LogP contribution in [-0.2, 0) is 6.37 Å². The number of hydrogen-bond donors (Lipinski definition) is 0. The molecule has 0 saturated heterocycles. The van der Waals surface area contributed by atoms with E-state index in [0.717, 1.165) is 6.20 Å². The van der Waals surface area contributed by atoms with Crippen molar-refractivity contribution >= 4 is 22.1 Å². The Kier molecular flexibility index (Phi) is 2.13. The van der Waals surface area contributed by atoms with E-state index in [9.17, 15) is 0 Å². The van der Waals surface area contributed by atoms with E-state index < -0.39 is 25.5 Å². The standard InChI is InChI=1S/C23H24N2O/c1-14-13-24-20(11-16(14)12-23(3,4)5)19-8-6-7-17-18-10-9-15(2)25-22(18)26-21(17)19/h6-11,13H,12H2,1-5H3/i1D3,2D3,11D,12D2. The minimum absolute atomic E-state index is 0.0572. The SMILES string of the molecule is [2H]c1c(-c2cccc3c2oc2nc(C([2H])([2H])[2H])ccc23)ncc(C([2H])([2H])[2H])c1C([2H])([2H])C(C)(C)C. The summed E-state index contributed by atoms with van der Waals surface area (Å²) in [4.78, 5) is 8.41. The van der Waals surface area contributed by atoms with E-state index in [1.807, 2.05) is 0 Å². The van der Waals surface area contributed by atoms with Gasteiger partial charge >= 0.3 is 0 Å². The zero-order valence-corrected chi connectivity index (χ0v) is 14.8. The Morgan fingerprint density at radius 3 is 2.81 bits per heavy atom. The number of aromatic nitrogens is 2. The van der Waals surface area contributed by atoms with E-state index in [2.05, 4.69) is 9.97 Å². The van der Waals surface area contributed by atoms with Crippen LogP contribution in [0.15, 0.2) is 47.0 Å². The molecule has 0 amide bonds. The highest BCUT2D eigenvalue weighted by Crippen LogP contribution is 2.35. The number of furan rings is 1. The quantitative estimate of drug-likeness (QED) is 0.427. The van der Waals surface area contributed by atoms with Crippen molar-refractivity contribution in [2.45, 2.75) is 40.8 Å². The van der Waals surface area contributed by atoms with Gasteiger partial charge in [-0.15, -0.1) is 0 Å². The van der Waals surface area contributed by atoms with Gasteiger partial charge in [-0.1, -0.05) is 32.9 Å². The van der Waals surface area contributed by atoms with Crippen LogP contribution < -0.4 is 0 Å². The summed E-state index contributed by atoms with van der Waals surface area (Å²) in [6.45, 7) is -0.154. The number of pyridine rings is 2. The molecule has 0 unspecified atom stereocenters. The fourth-order valence-electron chi connectivity index (χ4n) is 2.89. The van der Waals surface area contributed by atoms with Gasteiger partial charge in [-0.2, -0.15) is 0 Å². The van der Waals surface area contributed by atoms with Gasteiger partial charge in [-0.05, 0) is 60.9 Å². The highest BCUT2D eigenvalue weighted by molar-refractivity contribution is 6.08. The molecule has 3 heteroatoms. The molecule has 0 N–H and O–H groups in total. The highest BCUT2D eigenvalue weighted by Gasteiger charge is 2.17. The number of hydrogen-bond acceptors (Lipinski definition) is 3. The average molecular weight is 354 g/mol. The minimum atomic E-state index is -2.67. The average Bonchev–Trinajstić information content (AvgIpc) is 3.09. The zero-order valence-electron chi connectivity index (χ0n) is 23.8. The molecule has 132 valence electrons. The lowest BCUT2D eigenvalue weighted by molar-refractivity contribution is 0.410. The Morgan fingerprint density at radius 1 is 1.15 bits per heavy atom. The third-order valence-corrected chi connectivity index (χ3v) is 3.95. The van der Waals surface area contributed by atoms with E-state index in [4.69, 9.17) is 16.8 Å². The summed E-state index contributed by atoms with van der Waals surface area (Å²) in [7, 11) is 0. The molecule has 0 radical (unpaired) electrons. The van der Waals surface area contributed by atoms with Crippen molar-refractivity contribution in [3.63, 3.8) is 0 Å². The molecule has 0 bridgehead atoms. The maximum absolute atomic E-state index is 8.88. The molecule has 0 atom stereocenters. The first-order chi connectivity index (χ1) is 15.9. The Hall–Kier alpha value is -2.68. The first-order valence-corrected chi connectivity index (χ1v) is 8.28. The molecule has 3 aromatic heterocycles. The van der Waals surface area contributed by atoms with E-state index in [1.165, 1.54) is 6.07 Å². The fraction of sp³-hybridized carbons (Fsp3) is 0.304. The van der Waals surface area contributed by atoms with Crippen molar-refractivity contribution < 1.29 is 16.8 Å². The zero-order chi connectivity index (χ0) is 26.1. The topological polar surface area (TPSA) is 38.9 Å². The summed E-state index contributed by atoms with van der Waals surface area (Å²) in [5.41, 5.74) is -0.876. The smallest absolute Gasteiger partial charge is 0.227 e. The van der Waals surface area contributed by atoms with Gasteiger partial charge in [-0.25, -0.2) is 4.98 Å². The Balaban J connectivity index is 2.04. The molecule has 26 heavy (non-hydrogen) atoms. The molecule has 4 rings (SSSR count). The van der Waals surface area contributed by atoms with Crippen molar-refractivity contribution in [3.05, 3.63) is 59.4 Å². The molecule has 0 spiro atoms. The van der Waals surface area contributed by atoms with E-state index in [0.29, 0.717) is 21.9 Å². The van der Waals surface area contributed by atoms with Crippen LogP contribution in [0.4, 0.5) is 0 Å². The summed E-state index contributed by atoms with van der Waals surface area (Å²) in [6, 6.07) is 7.78. The summed E-state index contributed by atoms with van der Waals surface area (Å²) >= 11 is 0. The van der Waals surface area contributed by atoms with Crippen LogP contribution in [0.5, 0.6) is 0 Å². The molecule has 4 aromatic rings. The van der Waals surface area contributed by atoms with E-state index in [-0.39, 0.29) is 34.3 Å². The number of para-hydroxylation sites is 1. The van der Waals surface area contributed by atoms with E-state index in [1.54, 1.807) is 45.0 Å². The third kappa shape index (κ3) is 2.98. The summed E-state index contributed by atoms with van der Waals surface area (Å²) in [5.74, 6) is 0. The second-order valence-electron chi connectivity index (χ2n) is 7.23. The first kappa shape index (κ1) is 9.31. The molecule has 0 aliphatic heterocycles. The molecule has 1 aromatic carbocycles.